The molecule has 0 aromatic heterocycles. The lowest BCUT2D eigenvalue weighted by Crippen LogP contribution is -2.26. The summed E-state index contributed by atoms with van der Waals surface area (Å²) in [5, 5.41) is 0. The highest BCUT2D eigenvalue weighted by Gasteiger charge is 1.89. The Bertz CT molecular complexity index is 104. The Hall–Kier alpha value is -0.0831. The van der Waals surface area contributed by atoms with Gasteiger partial charge in [0.2, 0.25) is 0 Å². The molecule has 0 aromatic carbocycles. The highest BCUT2D eigenvalue weighted by Crippen LogP contribution is 1.91. The van der Waals surface area contributed by atoms with Crippen molar-refractivity contribution >= 4 is 9.68 Å². The Kier molecular flexibility index (Phi) is 5.64. The van der Waals surface area contributed by atoms with Gasteiger partial charge in [-0.1, -0.05) is 25.5 Å². The topological polar surface area (TPSA) is 12.0 Å². The maximum absolute atomic E-state index is 3.50. The van der Waals surface area contributed by atoms with Crippen LogP contribution >= 0.6 is 0 Å². The van der Waals surface area contributed by atoms with E-state index in [9.17, 15) is 0 Å². The van der Waals surface area contributed by atoms with Crippen LogP contribution in [0.5, 0.6) is 0 Å². The molecule has 0 rings (SSSR count). The third-order valence-electron chi connectivity index (χ3n) is 1.25. The molecule has 0 saturated carbocycles. The molecule has 0 amide bonds. The monoisotopic (exact) mass is 157 g/mol. The van der Waals surface area contributed by atoms with Crippen LogP contribution in [-0.2, 0) is 0 Å². The Morgan fingerprint density at radius 2 is 2.10 bits per heavy atom. The third-order valence-corrected chi connectivity index (χ3v) is 2.93. The van der Waals surface area contributed by atoms with Gasteiger partial charge in [0, 0.05) is 0 Å². The van der Waals surface area contributed by atoms with E-state index in [0.717, 1.165) is 0 Å². The van der Waals surface area contributed by atoms with E-state index >= 15 is 0 Å². The summed E-state index contributed by atoms with van der Waals surface area (Å²) < 4.78 is 0. The first kappa shape index (κ1) is 9.92. The van der Waals surface area contributed by atoms with Crippen molar-refractivity contribution in [2.45, 2.75) is 39.8 Å². The summed E-state index contributed by atoms with van der Waals surface area (Å²) in [5.41, 5.74) is 1.44. The molecular formula is C8H19NSi. The van der Waals surface area contributed by atoms with Gasteiger partial charge in [-0.25, -0.2) is 0 Å². The van der Waals surface area contributed by atoms with Gasteiger partial charge in [0.05, 0.1) is 9.68 Å². The summed E-state index contributed by atoms with van der Waals surface area (Å²) in [6, 6.07) is 1.97. The van der Waals surface area contributed by atoms with E-state index in [1.807, 2.05) is 0 Å². The van der Waals surface area contributed by atoms with E-state index in [1.165, 1.54) is 11.6 Å². The largest absolute Gasteiger partial charge is 0.340 e. The van der Waals surface area contributed by atoms with Crippen LogP contribution in [-0.4, -0.2) is 15.7 Å². The molecule has 0 saturated heterocycles. The molecule has 0 aromatic rings. The van der Waals surface area contributed by atoms with Gasteiger partial charge < -0.3 is 4.98 Å². The zero-order valence-electron chi connectivity index (χ0n) is 7.57. The van der Waals surface area contributed by atoms with Crippen LogP contribution < -0.4 is 4.98 Å². The van der Waals surface area contributed by atoms with Crippen molar-refractivity contribution in [3.63, 3.8) is 0 Å². The minimum absolute atomic E-state index is 0.00535. The van der Waals surface area contributed by atoms with Crippen molar-refractivity contribution in [3.05, 3.63) is 11.6 Å². The lowest BCUT2D eigenvalue weighted by atomic mass is 10.3. The highest BCUT2D eigenvalue weighted by atomic mass is 28.2. The van der Waals surface area contributed by atoms with Crippen LogP contribution in [0.3, 0.4) is 0 Å². The summed E-state index contributed by atoms with van der Waals surface area (Å²) in [7, 11) is -0.00535. The fraction of sp³-hybridized carbons (Fsp3) is 0.750. The molecule has 0 aliphatic heterocycles. The van der Waals surface area contributed by atoms with E-state index in [4.69, 9.17) is 0 Å². The van der Waals surface area contributed by atoms with Crippen LogP contribution in [0.15, 0.2) is 11.6 Å². The molecule has 0 spiro atoms. The van der Waals surface area contributed by atoms with E-state index in [2.05, 4.69) is 38.8 Å². The average Bonchev–Trinajstić information content (AvgIpc) is 1.79. The fourth-order valence-electron chi connectivity index (χ4n) is 0.733. The molecule has 0 aliphatic carbocycles. The van der Waals surface area contributed by atoms with Gasteiger partial charge in [-0.3, -0.25) is 0 Å². The smallest absolute Gasteiger partial charge is 0.0956 e. The van der Waals surface area contributed by atoms with Gasteiger partial charge >= 0.3 is 0 Å². The van der Waals surface area contributed by atoms with Crippen LogP contribution in [0.25, 0.3) is 0 Å². The van der Waals surface area contributed by atoms with E-state index in [-0.39, 0.29) is 9.68 Å². The van der Waals surface area contributed by atoms with Crippen molar-refractivity contribution in [2.24, 2.45) is 0 Å². The highest BCUT2D eigenvalue weighted by molar-refractivity contribution is 6.32. The van der Waals surface area contributed by atoms with Gasteiger partial charge in [-0.2, -0.15) is 0 Å². The normalized spacial score (nSPS) is 11.3. The Morgan fingerprint density at radius 1 is 1.50 bits per heavy atom. The van der Waals surface area contributed by atoms with Gasteiger partial charge in [0.1, 0.15) is 0 Å². The molecule has 0 aliphatic rings. The zero-order valence-corrected chi connectivity index (χ0v) is 8.98. The number of nitrogens with one attached hydrogen (secondary N) is 1. The lowest BCUT2D eigenvalue weighted by Gasteiger charge is -2.04. The fourth-order valence-corrected chi connectivity index (χ4v) is 2.20. The van der Waals surface area contributed by atoms with Crippen molar-refractivity contribution in [1.82, 2.24) is 4.98 Å². The standard InChI is InChI=1S/C8H19NSi/c1-7(2)5-6-10-9-8(3)4/h5,8-9H,6,10H2,1-4H3. The van der Waals surface area contributed by atoms with Crippen molar-refractivity contribution in [2.75, 3.05) is 0 Å². The first-order valence-electron chi connectivity index (χ1n) is 3.99. The van der Waals surface area contributed by atoms with Gasteiger partial charge in [-0.05, 0) is 25.9 Å². The van der Waals surface area contributed by atoms with E-state index in [1.54, 1.807) is 0 Å². The molecule has 60 valence electrons. The first-order valence-corrected chi connectivity index (χ1v) is 5.70. The first-order chi connectivity index (χ1) is 4.63. The molecule has 0 heterocycles. The number of rotatable bonds is 4. The summed E-state index contributed by atoms with van der Waals surface area (Å²) in [4.78, 5) is 3.50. The summed E-state index contributed by atoms with van der Waals surface area (Å²) in [5.74, 6) is 0. The minimum Gasteiger partial charge on any atom is -0.340 e. The molecule has 0 bridgehead atoms. The number of hydrogen-bond donors (Lipinski definition) is 1. The van der Waals surface area contributed by atoms with Gasteiger partial charge in [-0.15, -0.1) is 0 Å². The molecule has 1 N–H and O–H groups in total. The number of allylic oxidation sites excluding steroid dienone is 2. The third kappa shape index (κ3) is 7.92. The minimum atomic E-state index is -0.00535. The molecule has 0 unspecified atom stereocenters. The summed E-state index contributed by atoms with van der Waals surface area (Å²) in [6.45, 7) is 8.72. The van der Waals surface area contributed by atoms with Crippen molar-refractivity contribution < 1.29 is 0 Å². The molecule has 2 heteroatoms. The second-order valence-electron chi connectivity index (χ2n) is 3.18. The lowest BCUT2D eigenvalue weighted by molar-refractivity contribution is 0.752. The predicted molar refractivity (Wildman–Crippen MR) is 51.1 cm³/mol. The second-order valence-corrected chi connectivity index (χ2v) is 4.66. The second kappa shape index (κ2) is 5.68. The van der Waals surface area contributed by atoms with Gasteiger partial charge in [0.25, 0.3) is 0 Å². The van der Waals surface area contributed by atoms with Gasteiger partial charge in [0.15, 0.2) is 0 Å². The summed E-state index contributed by atoms with van der Waals surface area (Å²) in [6.07, 6.45) is 2.32. The molecule has 0 fully saturated rings. The SMILES string of the molecule is CC(C)=CC[SiH2]NC(C)C. The zero-order chi connectivity index (χ0) is 7.98. The quantitative estimate of drug-likeness (QED) is 0.370. The maximum Gasteiger partial charge on any atom is 0.0956 e. The molecular weight excluding hydrogens is 138 g/mol. The van der Waals surface area contributed by atoms with Crippen LogP contribution in [0, 0.1) is 0 Å². The molecule has 0 radical (unpaired) electrons. The maximum atomic E-state index is 3.50. The Balaban J connectivity index is 3.13. The van der Waals surface area contributed by atoms with Crippen molar-refractivity contribution in [1.29, 1.82) is 0 Å². The Morgan fingerprint density at radius 3 is 2.50 bits per heavy atom. The van der Waals surface area contributed by atoms with E-state index < -0.39 is 0 Å². The molecule has 10 heavy (non-hydrogen) atoms. The molecule has 0 atom stereocenters. The Labute approximate surface area is 66.8 Å². The van der Waals surface area contributed by atoms with Crippen LogP contribution in [0.1, 0.15) is 27.7 Å². The number of hydrogen-bond acceptors (Lipinski definition) is 1. The van der Waals surface area contributed by atoms with Crippen molar-refractivity contribution in [3.8, 4) is 0 Å². The molecule has 1 nitrogen and oxygen atoms in total. The predicted octanol–water partition coefficient (Wildman–Crippen LogP) is 1.45. The van der Waals surface area contributed by atoms with E-state index in [0.29, 0.717) is 6.04 Å². The van der Waals surface area contributed by atoms with Crippen LogP contribution in [0.4, 0.5) is 0 Å². The summed E-state index contributed by atoms with van der Waals surface area (Å²) >= 11 is 0. The average molecular weight is 157 g/mol. The van der Waals surface area contributed by atoms with Crippen LogP contribution in [0.2, 0.25) is 6.04 Å².